The molecule has 1 rings (SSSR count). The van der Waals surface area contributed by atoms with Crippen molar-refractivity contribution in [3.05, 3.63) is 0 Å². The van der Waals surface area contributed by atoms with Crippen LogP contribution < -0.4 is 10.6 Å². The summed E-state index contributed by atoms with van der Waals surface area (Å²) in [6, 6.07) is -0.371. The van der Waals surface area contributed by atoms with Gasteiger partial charge in [-0.1, -0.05) is 6.92 Å². The number of carbonyl (C=O) groups excluding carboxylic acids is 1. The molecule has 19 heavy (non-hydrogen) atoms. The number of nitrogens with one attached hydrogen (secondary N) is 2. The van der Waals surface area contributed by atoms with Crippen molar-refractivity contribution in [2.75, 3.05) is 19.8 Å². The summed E-state index contributed by atoms with van der Waals surface area (Å²) in [5.74, 6) is -1.88. The third-order valence-electron chi connectivity index (χ3n) is 3.58. The minimum absolute atomic E-state index is 0.0206. The molecule has 0 aromatic carbocycles. The molecule has 1 fully saturated rings. The van der Waals surface area contributed by atoms with Gasteiger partial charge in [0.2, 0.25) is 5.91 Å². The minimum atomic E-state index is -0.906. The average Bonchev–Trinajstić information content (AvgIpc) is 2.83. The Labute approximate surface area is 113 Å². The first-order valence-corrected chi connectivity index (χ1v) is 6.81. The Bertz CT molecular complexity index is 322. The zero-order valence-electron chi connectivity index (χ0n) is 11.8. The number of carbonyl (C=O) groups is 2. The van der Waals surface area contributed by atoms with E-state index in [-0.39, 0.29) is 17.9 Å². The van der Waals surface area contributed by atoms with Gasteiger partial charge in [-0.25, -0.2) is 0 Å². The van der Waals surface area contributed by atoms with Gasteiger partial charge in [0.05, 0.1) is 25.0 Å². The zero-order chi connectivity index (χ0) is 14.4. The highest BCUT2D eigenvalue weighted by atomic mass is 16.5. The molecule has 1 amide bonds. The Kier molecular flexibility index (Phi) is 6.24. The highest BCUT2D eigenvalue weighted by Gasteiger charge is 2.35. The first-order valence-electron chi connectivity index (χ1n) is 6.81. The highest BCUT2D eigenvalue weighted by Crippen LogP contribution is 2.15. The second kappa shape index (κ2) is 7.45. The molecule has 0 saturated carbocycles. The fourth-order valence-electron chi connectivity index (χ4n) is 2.01. The fourth-order valence-corrected chi connectivity index (χ4v) is 2.01. The fraction of sp³-hybridized carbons (Fsp3) is 0.846. The van der Waals surface area contributed by atoms with E-state index < -0.39 is 17.9 Å². The third-order valence-corrected chi connectivity index (χ3v) is 3.58. The summed E-state index contributed by atoms with van der Waals surface area (Å²) >= 11 is 0. The van der Waals surface area contributed by atoms with Gasteiger partial charge in [-0.3, -0.25) is 9.59 Å². The summed E-state index contributed by atoms with van der Waals surface area (Å²) in [6.07, 6.45) is 0.997. The molecule has 0 aliphatic carbocycles. The van der Waals surface area contributed by atoms with Crippen LogP contribution >= 0.6 is 0 Å². The van der Waals surface area contributed by atoms with Crippen LogP contribution in [0.3, 0.4) is 0 Å². The van der Waals surface area contributed by atoms with Crippen molar-refractivity contribution in [3.8, 4) is 0 Å². The largest absolute Gasteiger partial charge is 0.481 e. The second-order valence-electron chi connectivity index (χ2n) is 5.13. The molecule has 0 spiro atoms. The molecule has 0 aromatic heterocycles. The van der Waals surface area contributed by atoms with Gasteiger partial charge in [-0.15, -0.1) is 0 Å². The molecule has 3 N–H and O–H groups in total. The number of amides is 1. The van der Waals surface area contributed by atoms with Crippen LogP contribution in [0.15, 0.2) is 0 Å². The van der Waals surface area contributed by atoms with E-state index in [4.69, 9.17) is 9.84 Å². The molecule has 4 atom stereocenters. The van der Waals surface area contributed by atoms with Gasteiger partial charge in [0.25, 0.3) is 0 Å². The van der Waals surface area contributed by atoms with E-state index in [0.717, 1.165) is 13.0 Å². The van der Waals surface area contributed by atoms with Gasteiger partial charge in [0.15, 0.2) is 0 Å². The van der Waals surface area contributed by atoms with Gasteiger partial charge in [-0.2, -0.15) is 0 Å². The molecule has 0 aromatic rings. The first-order chi connectivity index (χ1) is 8.97. The Morgan fingerprint density at radius 3 is 2.63 bits per heavy atom. The van der Waals surface area contributed by atoms with Crippen molar-refractivity contribution in [3.63, 3.8) is 0 Å². The highest BCUT2D eigenvalue weighted by molar-refractivity contribution is 5.81. The lowest BCUT2D eigenvalue weighted by Gasteiger charge is -2.23. The third kappa shape index (κ3) is 4.47. The van der Waals surface area contributed by atoms with Crippen molar-refractivity contribution in [2.45, 2.75) is 39.3 Å². The SMILES string of the molecule is CCCNC1COCC1C(=O)NC(C)C(C)C(=O)O. The van der Waals surface area contributed by atoms with Crippen molar-refractivity contribution in [1.82, 2.24) is 10.6 Å². The normalized spacial score (nSPS) is 25.8. The summed E-state index contributed by atoms with van der Waals surface area (Å²) in [5, 5.41) is 15.0. The van der Waals surface area contributed by atoms with E-state index in [1.165, 1.54) is 0 Å². The molecule has 0 radical (unpaired) electrons. The van der Waals surface area contributed by atoms with Crippen molar-refractivity contribution in [2.24, 2.45) is 11.8 Å². The van der Waals surface area contributed by atoms with Crippen LogP contribution in [0.1, 0.15) is 27.2 Å². The topological polar surface area (TPSA) is 87.7 Å². The predicted molar refractivity (Wildman–Crippen MR) is 70.8 cm³/mol. The predicted octanol–water partition coefficient (Wildman–Crippen LogP) is 0.226. The first kappa shape index (κ1) is 15.9. The maximum Gasteiger partial charge on any atom is 0.308 e. The summed E-state index contributed by atoms with van der Waals surface area (Å²) < 4.78 is 5.34. The summed E-state index contributed by atoms with van der Waals surface area (Å²) in [6.45, 7) is 7.13. The molecule has 6 nitrogen and oxygen atoms in total. The maximum absolute atomic E-state index is 12.1. The van der Waals surface area contributed by atoms with Crippen LogP contribution in [0.2, 0.25) is 0 Å². The van der Waals surface area contributed by atoms with E-state index in [0.29, 0.717) is 13.2 Å². The molecule has 4 unspecified atom stereocenters. The quantitative estimate of drug-likeness (QED) is 0.617. The number of carboxylic acid groups (broad SMARTS) is 1. The van der Waals surface area contributed by atoms with Crippen LogP contribution in [0.5, 0.6) is 0 Å². The van der Waals surface area contributed by atoms with Crippen LogP contribution in [-0.2, 0) is 14.3 Å². The van der Waals surface area contributed by atoms with Gasteiger partial charge in [0, 0.05) is 12.1 Å². The van der Waals surface area contributed by atoms with E-state index >= 15 is 0 Å². The van der Waals surface area contributed by atoms with Gasteiger partial charge in [0.1, 0.15) is 0 Å². The van der Waals surface area contributed by atoms with E-state index in [9.17, 15) is 9.59 Å². The Hall–Kier alpha value is -1.14. The number of rotatable bonds is 7. The molecule has 1 saturated heterocycles. The van der Waals surface area contributed by atoms with E-state index in [2.05, 4.69) is 17.6 Å². The maximum atomic E-state index is 12.1. The molecule has 110 valence electrons. The van der Waals surface area contributed by atoms with Gasteiger partial charge >= 0.3 is 5.97 Å². The number of hydrogen-bond acceptors (Lipinski definition) is 4. The summed E-state index contributed by atoms with van der Waals surface area (Å²) in [4.78, 5) is 23.0. The van der Waals surface area contributed by atoms with E-state index in [1.807, 2.05) is 0 Å². The zero-order valence-corrected chi connectivity index (χ0v) is 11.8. The molecule has 6 heteroatoms. The molecular formula is C13H24N2O4. The monoisotopic (exact) mass is 272 g/mol. The molecular weight excluding hydrogens is 248 g/mol. The van der Waals surface area contributed by atoms with Crippen LogP contribution in [0.25, 0.3) is 0 Å². The minimum Gasteiger partial charge on any atom is -0.481 e. The van der Waals surface area contributed by atoms with Crippen molar-refractivity contribution < 1.29 is 19.4 Å². The molecule has 1 aliphatic rings. The number of ether oxygens (including phenoxy) is 1. The lowest BCUT2D eigenvalue weighted by Crippen LogP contribution is -2.48. The van der Waals surface area contributed by atoms with Crippen LogP contribution in [0, 0.1) is 11.8 Å². The van der Waals surface area contributed by atoms with Crippen molar-refractivity contribution in [1.29, 1.82) is 0 Å². The lowest BCUT2D eigenvalue weighted by atomic mass is 9.99. The van der Waals surface area contributed by atoms with Crippen LogP contribution in [-0.4, -0.2) is 48.8 Å². The Morgan fingerprint density at radius 2 is 2.05 bits per heavy atom. The number of aliphatic carboxylic acids is 1. The van der Waals surface area contributed by atoms with Crippen LogP contribution in [0.4, 0.5) is 0 Å². The lowest BCUT2D eigenvalue weighted by molar-refractivity contribution is -0.142. The standard InChI is InChI=1S/C13H24N2O4/c1-4-5-14-11-7-19-6-10(11)12(16)15-9(3)8(2)13(17)18/h8-11,14H,4-7H2,1-3H3,(H,15,16)(H,17,18). The summed E-state index contributed by atoms with van der Waals surface area (Å²) in [5.41, 5.74) is 0. The van der Waals surface area contributed by atoms with Gasteiger partial charge < -0.3 is 20.5 Å². The van der Waals surface area contributed by atoms with Gasteiger partial charge in [-0.05, 0) is 26.8 Å². The Morgan fingerprint density at radius 1 is 1.37 bits per heavy atom. The molecule has 0 bridgehead atoms. The second-order valence-corrected chi connectivity index (χ2v) is 5.13. The number of hydrogen-bond donors (Lipinski definition) is 3. The smallest absolute Gasteiger partial charge is 0.308 e. The molecule has 1 aliphatic heterocycles. The van der Waals surface area contributed by atoms with Crippen molar-refractivity contribution >= 4 is 11.9 Å². The Balaban J connectivity index is 2.49. The van der Waals surface area contributed by atoms with E-state index in [1.54, 1.807) is 13.8 Å². The summed E-state index contributed by atoms with van der Waals surface area (Å²) in [7, 11) is 0. The molecule has 1 heterocycles. The number of carboxylic acids is 1. The average molecular weight is 272 g/mol.